The van der Waals surface area contributed by atoms with E-state index in [2.05, 4.69) is 50.1 Å². The maximum atomic E-state index is 13.6. The van der Waals surface area contributed by atoms with Crippen molar-refractivity contribution in [2.45, 2.75) is 31.0 Å². The lowest BCUT2D eigenvalue weighted by Crippen LogP contribution is -2.45. The molecule has 164 valence electrons. The fourth-order valence-corrected chi connectivity index (χ4v) is 4.78. The first-order valence-electron chi connectivity index (χ1n) is 11.0. The average Bonchev–Trinajstić information content (AvgIpc) is 3.27. The van der Waals surface area contributed by atoms with E-state index in [1.807, 2.05) is 12.4 Å². The molecule has 1 unspecified atom stereocenters. The van der Waals surface area contributed by atoms with Crippen LogP contribution < -0.4 is 5.73 Å². The van der Waals surface area contributed by atoms with Gasteiger partial charge in [0.25, 0.3) is 0 Å². The van der Waals surface area contributed by atoms with Crippen LogP contribution >= 0.6 is 0 Å². The maximum Gasteiger partial charge on any atom is 0.220 e. The molecule has 1 fully saturated rings. The standard InChI is InChI=1S/C25H27FN6/c26-21-8-6-20(7-9-21)25(23-10-13-28-24(27)30-23)17-32(18-29-25)22-11-14-31(15-12-22)16-19-4-2-1-3-5-19/h1-10,13,18,22H,11-12,14-17H2,(H2,27,28,30). The lowest BCUT2D eigenvalue weighted by atomic mass is 9.86. The highest BCUT2D eigenvalue weighted by molar-refractivity contribution is 5.63. The zero-order valence-corrected chi connectivity index (χ0v) is 17.9. The molecule has 2 aromatic carbocycles. The van der Waals surface area contributed by atoms with Gasteiger partial charge in [-0.3, -0.25) is 9.89 Å². The Morgan fingerprint density at radius 3 is 2.47 bits per heavy atom. The van der Waals surface area contributed by atoms with E-state index in [4.69, 9.17) is 10.7 Å². The van der Waals surface area contributed by atoms with Crippen LogP contribution in [0.5, 0.6) is 0 Å². The number of benzene rings is 2. The van der Waals surface area contributed by atoms with Gasteiger partial charge in [-0.05, 0) is 42.2 Å². The summed E-state index contributed by atoms with van der Waals surface area (Å²) in [6.45, 7) is 3.74. The van der Waals surface area contributed by atoms with Crippen molar-refractivity contribution in [3.8, 4) is 0 Å². The molecular formula is C25H27FN6. The first kappa shape index (κ1) is 20.6. The third kappa shape index (κ3) is 4.08. The Balaban J connectivity index is 1.32. The second-order valence-corrected chi connectivity index (χ2v) is 8.58. The molecule has 0 amide bonds. The zero-order valence-electron chi connectivity index (χ0n) is 17.9. The van der Waals surface area contributed by atoms with E-state index in [1.165, 1.54) is 17.7 Å². The van der Waals surface area contributed by atoms with Gasteiger partial charge in [-0.2, -0.15) is 0 Å². The fourth-order valence-electron chi connectivity index (χ4n) is 4.78. The molecule has 0 spiro atoms. The second-order valence-electron chi connectivity index (χ2n) is 8.58. The molecule has 1 saturated heterocycles. The van der Waals surface area contributed by atoms with Crippen molar-refractivity contribution in [3.63, 3.8) is 0 Å². The average molecular weight is 431 g/mol. The van der Waals surface area contributed by atoms with Crippen molar-refractivity contribution < 1.29 is 4.39 Å². The number of piperidine rings is 1. The summed E-state index contributed by atoms with van der Waals surface area (Å²) in [5.41, 5.74) is 8.16. The first-order chi connectivity index (χ1) is 15.6. The smallest absolute Gasteiger partial charge is 0.220 e. The summed E-state index contributed by atoms with van der Waals surface area (Å²) < 4.78 is 13.6. The molecule has 2 aliphatic heterocycles. The number of aliphatic imine (C=N–C) groups is 1. The zero-order chi connectivity index (χ0) is 22.0. The van der Waals surface area contributed by atoms with Crippen molar-refractivity contribution in [2.75, 3.05) is 25.4 Å². The van der Waals surface area contributed by atoms with Crippen molar-refractivity contribution in [1.29, 1.82) is 0 Å². The van der Waals surface area contributed by atoms with Gasteiger partial charge in [0.1, 0.15) is 11.4 Å². The molecule has 32 heavy (non-hydrogen) atoms. The third-order valence-electron chi connectivity index (χ3n) is 6.53. The van der Waals surface area contributed by atoms with Crippen molar-refractivity contribution in [1.82, 2.24) is 19.8 Å². The Hall–Kier alpha value is -3.32. The number of halogens is 1. The van der Waals surface area contributed by atoms with Gasteiger partial charge in [0, 0.05) is 31.9 Å². The quantitative estimate of drug-likeness (QED) is 0.671. The first-order valence-corrected chi connectivity index (χ1v) is 11.0. The van der Waals surface area contributed by atoms with E-state index in [1.54, 1.807) is 18.3 Å². The number of hydrogen-bond donors (Lipinski definition) is 1. The van der Waals surface area contributed by atoms with E-state index >= 15 is 0 Å². The molecule has 0 bridgehead atoms. The highest BCUT2D eigenvalue weighted by atomic mass is 19.1. The summed E-state index contributed by atoms with van der Waals surface area (Å²) in [6.07, 6.45) is 5.75. The van der Waals surface area contributed by atoms with Gasteiger partial charge in [0.2, 0.25) is 5.95 Å². The maximum absolute atomic E-state index is 13.6. The molecule has 7 heteroatoms. The Morgan fingerprint density at radius 2 is 1.75 bits per heavy atom. The number of aromatic nitrogens is 2. The van der Waals surface area contributed by atoms with Crippen molar-refractivity contribution in [2.24, 2.45) is 4.99 Å². The van der Waals surface area contributed by atoms with Gasteiger partial charge in [-0.25, -0.2) is 14.4 Å². The molecule has 3 heterocycles. The van der Waals surface area contributed by atoms with Gasteiger partial charge in [0.05, 0.1) is 18.6 Å². The Kier molecular flexibility index (Phi) is 5.57. The summed E-state index contributed by atoms with van der Waals surface area (Å²) in [7, 11) is 0. The van der Waals surface area contributed by atoms with Crippen LogP contribution in [0.15, 0.2) is 71.9 Å². The van der Waals surface area contributed by atoms with Gasteiger partial charge < -0.3 is 10.6 Å². The van der Waals surface area contributed by atoms with E-state index in [0.29, 0.717) is 12.6 Å². The molecule has 1 atom stereocenters. The van der Waals surface area contributed by atoms with Crippen LogP contribution in [-0.4, -0.2) is 51.8 Å². The number of hydrogen-bond acceptors (Lipinski definition) is 6. The SMILES string of the molecule is Nc1nccc(C2(c3ccc(F)cc3)CN(C3CCN(Cc4ccccc4)CC3)C=N2)n1. The van der Waals surface area contributed by atoms with Gasteiger partial charge in [-0.1, -0.05) is 42.5 Å². The summed E-state index contributed by atoms with van der Waals surface area (Å²) in [6, 6.07) is 19.4. The van der Waals surface area contributed by atoms with Crippen LogP contribution in [0.2, 0.25) is 0 Å². The Morgan fingerprint density at radius 1 is 1.00 bits per heavy atom. The predicted octanol–water partition coefficient (Wildman–Crippen LogP) is 3.45. The normalized spacial score (nSPS) is 21.8. The number of nitrogens with two attached hydrogens (primary N) is 1. The highest BCUT2D eigenvalue weighted by Gasteiger charge is 2.42. The summed E-state index contributed by atoms with van der Waals surface area (Å²) >= 11 is 0. The van der Waals surface area contributed by atoms with E-state index in [9.17, 15) is 4.39 Å². The Bertz CT molecular complexity index is 1080. The summed E-state index contributed by atoms with van der Waals surface area (Å²) in [4.78, 5) is 18.3. The monoisotopic (exact) mass is 430 g/mol. The van der Waals surface area contributed by atoms with Gasteiger partial charge in [0.15, 0.2) is 0 Å². The molecule has 3 aromatic rings. The van der Waals surface area contributed by atoms with Crippen LogP contribution in [0.3, 0.4) is 0 Å². The van der Waals surface area contributed by atoms with Crippen LogP contribution in [0.1, 0.15) is 29.7 Å². The third-order valence-corrected chi connectivity index (χ3v) is 6.53. The van der Waals surface area contributed by atoms with Gasteiger partial charge in [-0.15, -0.1) is 0 Å². The van der Waals surface area contributed by atoms with Crippen LogP contribution in [0.25, 0.3) is 0 Å². The number of nitrogen functional groups attached to an aromatic ring is 1. The number of rotatable bonds is 5. The van der Waals surface area contributed by atoms with Gasteiger partial charge >= 0.3 is 0 Å². The van der Waals surface area contributed by atoms with Crippen molar-refractivity contribution in [3.05, 3.63) is 89.5 Å². The molecule has 0 radical (unpaired) electrons. The minimum absolute atomic E-state index is 0.215. The number of anilines is 1. The van der Waals surface area contributed by atoms with Crippen LogP contribution in [0.4, 0.5) is 10.3 Å². The molecular weight excluding hydrogens is 403 g/mol. The molecule has 5 rings (SSSR count). The lowest BCUT2D eigenvalue weighted by molar-refractivity contribution is 0.148. The lowest BCUT2D eigenvalue weighted by Gasteiger charge is -2.38. The van der Waals surface area contributed by atoms with Crippen LogP contribution in [0, 0.1) is 5.82 Å². The molecule has 2 aliphatic rings. The fraction of sp³-hybridized carbons (Fsp3) is 0.320. The summed E-state index contributed by atoms with van der Waals surface area (Å²) in [5, 5.41) is 0. The Labute approximate surface area is 187 Å². The molecule has 0 aliphatic carbocycles. The molecule has 2 N–H and O–H groups in total. The molecule has 0 saturated carbocycles. The van der Waals surface area contributed by atoms with E-state index in [0.717, 1.165) is 43.7 Å². The molecule has 1 aromatic heterocycles. The predicted molar refractivity (Wildman–Crippen MR) is 124 cm³/mol. The molecule has 6 nitrogen and oxygen atoms in total. The van der Waals surface area contributed by atoms with Crippen LogP contribution in [-0.2, 0) is 12.1 Å². The van der Waals surface area contributed by atoms with Crippen molar-refractivity contribution >= 4 is 12.3 Å². The van der Waals surface area contributed by atoms with E-state index in [-0.39, 0.29) is 11.8 Å². The number of likely N-dealkylation sites (tertiary alicyclic amines) is 1. The topological polar surface area (TPSA) is 70.6 Å². The second kappa shape index (κ2) is 8.67. The largest absolute Gasteiger partial charge is 0.368 e. The minimum atomic E-state index is -0.716. The highest BCUT2D eigenvalue weighted by Crippen LogP contribution is 2.38. The van der Waals surface area contributed by atoms with E-state index < -0.39 is 5.54 Å². The minimum Gasteiger partial charge on any atom is -0.368 e. The number of nitrogens with zero attached hydrogens (tertiary/aromatic N) is 5. The summed E-state index contributed by atoms with van der Waals surface area (Å²) in [5.74, 6) is -0.0532.